The summed E-state index contributed by atoms with van der Waals surface area (Å²) in [5.41, 5.74) is 3.23. The summed E-state index contributed by atoms with van der Waals surface area (Å²) in [6.07, 6.45) is 2.42. The number of rotatable bonds is 8. The average molecular weight is 375 g/mol. The van der Waals surface area contributed by atoms with Crippen LogP contribution in [0.1, 0.15) is 76.8 Å². The van der Waals surface area contributed by atoms with E-state index in [4.69, 9.17) is 4.74 Å². The highest BCUT2D eigenvalue weighted by Crippen LogP contribution is 2.32. The van der Waals surface area contributed by atoms with Crippen molar-refractivity contribution in [3.63, 3.8) is 0 Å². The van der Waals surface area contributed by atoms with Crippen molar-refractivity contribution in [1.82, 2.24) is 4.90 Å². The fourth-order valence-electron chi connectivity index (χ4n) is 3.55. The minimum absolute atomic E-state index is 0.0104. The van der Waals surface area contributed by atoms with Crippen LogP contribution in [-0.4, -0.2) is 42.5 Å². The van der Waals surface area contributed by atoms with Gasteiger partial charge in [0.2, 0.25) is 11.8 Å². The fraction of sp³-hybridized carbons (Fsp3) is 0.636. The predicted octanol–water partition coefficient (Wildman–Crippen LogP) is 4.29. The third-order valence-electron chi connectivity index (χ3n) is 5.14. The summed E-state index contributed by atoms with van der Waals surface area (Å²) in [4.78, 5) is 26.3. The van der Waals surface area contributed by atoms with E-state index in [1.54, 1.807) is 11.8 Å². The van der Waals surface area contributed by atoms with E-state index in [0.717, 1.165) is 36.3 Å². The number of para-hydroxylation sites is 1. The summed E-state index contributed by atoms with van der Waals surface area (Å²) in [5.74, 6) is 0.590. The van der Waals surface area contributed by atoms with Crippen molar-refractivity contribution in [1.29, 1.82) is 0 Å². The molecular formula is C22H34N2O3. The van der Waals surface area contributed by atoms with Crippen LogP contribution in [0.3, 0.4) is 0 Å². The number of amides is 2. The number of hydrogen-bond donors (Lipinski definition) is 1. The third-order valence-corrected chi connectivity index (χ3v) is 5.14. The lowest BCUT2D eigenvalue weighted by molar-refractivity contribution is -0.130. The Morgan fingerprint density at radius 2 is 1.81 bits per heavy atom. The van der Waals surface area contributed by atoms with Crippen molar-refractivity contribution in [2.75, 3.05) is 25.0 Å². The van der Waals surface area contributed by atoms with Crippen molar-refractivity contribution < 1.29 is 14.3 Å². The zero-order valence-electron chi connectivity index (χ0n) is 17.4. The average Bonchev–Trinajstić information content (AvgIpc) is 3.11. The first kappa shape index (κ1) is 21.4. The quantitative estimate of drug-likeness (QED) is 0.738. The lowest BCUT2D eigenvalue weighted by atomic mass is 9.92. The number of hydrogen-bond acceptors (Lipinski definition) is 3. The smallest absolute Gasteiger partial charge is 0.226 e. The maximum atomic E-state index is 12.6. The van der Waals surface area contributed by atoms with Crippen molar-refractivity contribution in [3.05, 3.63) is 29.3 Å². The van der Waals surface area contributed by atoms with Crippen molar-refractivity contribution in [3.8, 4) is 0 Å². The minimum atomic E-state index is -0.0522. The van der Waals surface area contributed by atoms with Crippen LogP contribution in [0.2, 0.25) is 0 Å². The molecule has 1 atom stereocenters. The van der Waals surface area contributed by atoms with Gasteiger partial charge >= 0.3 is 0 Å². The van der Waals surface area contributed by atoms with Gasteiger partial charge in [0.15, 0.2) is 0 Å². The summed E-state index contributed by atoms with van der Waals surface area (Å²) >= 11 is 0. The van der Waals surface area contributed by atoms with Crippen LogP contribution in [-0.2, 0) is 14.3 Å². The number of benzene rings is 1. The highest BCUT2D eigenvalue weighted by molar-refractivity contribution is 5.93. The fourth-order valence-corrected chi connectivity index (χ4v) is 3.55. The normalized spacial score (nSPS) is 16.8. The van der Waals surface area contributed by atoms with Gasteiger partial charge in [0.05, 0.1) is 6.10 Å². The number of carbonyl (C=O) groups is 2. The van der Waals surface area contributed by atoms with Gasteiger partial charge in [0.25, 0.3) is 0 Å². The van der Waals surface area contributed by atoms with Crippen LogP contribution in [0, 0.1) is 0 Å². The number of nitrogens with one attached hydrogen (secondary N) is 1. The summed E-state index contributed by atoms with van der Waals surface area (Å²) < 4.78 is 5.63. The number of ether oxygens (including phenoxy) is 1. The lowest BCUT2D eigenvalue weighted by Crippen LogP contribution is -2.37. The molecule has 0 aliphatic carbocycles. The molecule has 1 N–H and O–H groups in total. The van der Waals surface area contributed by atoms with Gasteiger partial charge in [-0.05, 0) is 35.8 Å². The predicted molar refractivity (Wildman–Crippen MR) is 109 cm³/mol. The van der Waals surface area contributed by atoms with Crippen LogP contribution in [0.15, 0.2) is 18.2 Å². The van der Waals surface area contributed by atoms with Gasteiger partial charge in [0.1, 0.15) is 0 Å². The molecule has 1 saturated heterocycles. The molecule has 1 unspecified atom stereocenters. The molecule has 0 spiro atoms. The molecule has 0 aromatic heterocycles. The SMILES string of the molecule is CC(=O)N(CCC(=O)Nc1c(C(C)C)cccc1C(C)C)CC1CCCO1. The van der Waals surface area contributed by atoms with E-state index >= 15 is 0 Å². The first-order valence-corrected chi connectivity index (χ1v) is 10.1. The first-order chi connectivity index (χ1) is 12.8. The van der Waals surface area contributed by atoms with Gasteiger partial charge in [-0.2, -0.15) is 0 Å². The van der Waals surface area contributed by atoms with Gasteiger partial charge in [-0.25, -0.2) is 0 Å². The Labute approximate surface area is 163 Å². The van der Waals surface area contributed by atoms with Crippen molar-refractivity contribution in [2.24, 2.45) is 0 Å². The van der Waals surface area contributed by atoms with Crippen molar-refractivity contribution >= 4 is 17.5 Å². The maximum Gasteiger partial charge on any atom is 0.226 e. The van der Waals surface area contributed by atoms with Gasteiger partial charge in [-0.3, -0.25) is 9.59 Å². The molecular weight excluding hydrogens is 340 g/mol. The zero-order valence-corrected chi connectivity index (χ0v) is 17.4. The summed E-state index contributed by atoms with van der Waals surface area (Å²) in [7, 11) is 0. The zero-order chi connectivity index (χ0) is 20.0. The van der Waals surface area contributed by atoms with Crippen LogP contribution in [0.4, 0.5) is 5.69 Å². The summed E-state index contributed by atoms with van der Waals surface area (Å²) in [6.45, 7) is 11.8. The Hall–Kier alpha value is -1.88. The number of nitrogens with zero attached hydrogens (tertiary/aromatic N) is 1. The second-order valence-corrected chi connectivity index (χ2v) is 8.02. The van der Waals surface area contributed by atoms with E-state index in [9.17, 15) is 9.59 Å². The molecule has 1 aliphatic rings. The molecule has 1 aromatic carbocycles. The molecule has 1 aromatic rings. The molecule has 0 bridgehead atoms. The van der Waals surface area contributed by atoms with Gasteiger partial charge in [-0.15, -0.1) is 0 Å². The standard InChI is InChI=1S/C22H34N2O3/c1-15(2)19-9-6-10-20(16(3)4)22(19)23-21(26)11-12-24(17(5)25)14-18-8-7-13-27-18/h6,9-10,15-16,18H,7-8,11-14H2,1-5H3,(H,23,26). The van der Waals surface area contributed by atoms with Crippen LogP contribution in [0.5, 0.6) is 0 Å². The topological polar surface area (TPSA) is 58.6 Å². The van der Waals surface area contributed by atoms with Gasteiger partial charge in [0, 0.05) is 38.7 Å². The van der Waals surface area contributed by atoms with Crippen LogP contribution in [0.25, 0.3) is 0 Å². The van der Waals surface area contributed by atoms with E-state index in [-0.39, 0.29) is 24.3 Å². The summed E-state index contributed by atoms with van der Waals surface area (Å²) in [5, 5.41) is 3.12. The molecule has 2 amide bonds. The molecule has 27 heavy (non-hydrogen) atoms. The van der Waals surface area contributed by atoms with Crippen LogP contribution < -0.4 is 5.32 Å². The van der Waals surface area contributed by atoms with E-state index in [1.807, 2.05) is 0 Å². The summed E-state index contributed by atoms with van der Waals surface area (Å²) in [6, 6.07) is 6.20. The molecule has 2 rings (SSSR count). The van der Waals surface area contributed by atoms with E-state index < -0.39 is 0 Å². The Kier molecular flexibility index (Phi) is 7.84. The van der Waals surface area contributed by atoms with E-state index in [2.05, 4.69) is 51.2 Å². The first-order valence-electron chi connectivity index (χ1n) is 10.1. The lowest BCUT2D eigenvalue weighted by Gasteiger charge is -2.24. The Balaban J connectivity index is 2.03. The molecule has 150 valence electrons. The monoisotopic (exact) mass is 374 g/mol. The molecule has 1 aliphatic heterocycles. The Morgan fingerprint density at radius 3 is 2.30 bits per heavy atom. The highest BCUT2D eigenvalue weighted by atomic mass is 16.5. The van der Waals surface area contributed by atoms with E-state index in [1.165, 1.54) is 0 Å². The molecule has 0 radical (unpaired) electrons. The largest absolute Gasteiger partial charge is 0.376 e. The molecule has 1 fully saturated rings. The molecule has 5 heteroatoms. The minimum Gasteiger partial charge on any atom is -0.376 e. The third kappa shape index (κ3) is 6.06. The van der Waals surface area contributed by atoms with Gasteiger partial charge in [-0.1, -0.05) is 45.9 Å². The number of anilines is 1. The maximum absolute atomic E-state index is 12.6. The Bertz CT molecular complexity index is 623. The molecule has 1 heterocycles. The Morgan fingerprint density at radius 1 is 1.19 bits per heavy atom. The van der Waals surface area contributed by atoms with Crippen LogP contribution >= 0.6 is 0 Å². The number of carbonyl (C=O) groups excluding carboxylic acids is 2. The van der Waals surface area contributed by atoms with E-state index in [0.29, 0.717) is 24.9 Å². The molecule has 5 nitrogen and oxygen atoms in total. The second kappa shape index (κ2) is 9.88. The van der Waals surface area contributed by atoms with Crippen molar-refractivity contribution in [2.45, 2.75) is 71.8 Å². The second-order valence-electron chi connectivity index (χ2n) is 8.02. The molecule has 0 saturated carbocycles. The van der Waals surface area contributed by atoms with Gasteiger partial charge < -0.3 is 15.0 Å². The highest BCUT2D eigenvalue weighted by Gasteiger charge is 2.22.